The topological polar surface area (TPSA) is 77.8 Å². The number of nitrogens with zero attached hydrogens (tertiary/aromatic N) is 1. The second-order valence-electron chi connectivity index (χ2n) is 8.46. The largest absolute Gasteiger partial charge is 0.481 e. The van der Waals surface area contributed by atoms with E-state index in [1.807, 2.05) is 6.08 Å². The lowest BCUT2D eigenvalue weighted by Crippen LogP contribution is -2.36. The smallest absolute Gasteiger partial charge is 0.336 e. The molecule has 4 heterocycles. The zero-order valence-corrected chi connectivity index (χ0v) is 16.8. The van der Waals surface area contributed by atoms with E-state index in [4.69, 9.17) is 9.47 Å². The Bertz CT molecular complexity index is 825. The summed E-state index contributed by atoms with van der Waals surface area (Å²) in [4.78, 5) is 23.3. The number of carbonyl (C=O) groups excluding carboxylic acids is 1. The van der Waals surface area contributed by atoms with E-state index < -0.39 is 11.8 Å². The fourth-order valence-corrected chi connectivity index (χ4v) is 5.18. The van der Waals surface area contributed by atoms with Crippen LogP contribution in [0.15, 0.2) is 23.8 Å². The highest BCUT2D eigenvalue weighted by Crippen LogP contribution is 2.54. The Hall–Kier alpha value is -2.08. The molecule has 28 heavy (non-hydrogen) atoms. The number of carboxylic acid groups (broad SMARTS) is 1. The molecule has 0 unspecified atom stereocenters. The van der Waals surface area contributed by atoms with Crippen molar-refractivity contribution in [2.45, 2.75) is 77.2 Å². The van der Waals surface area contributed by atoms with Gasteiger partial charge in [-0.2, -0.15) is 0 Å². The minimum atomic E-state index is -0.935. The number of carboxylic acids is 1. The van der Waals surface area contributed by atoms with Gasteiger partial charge in [-0.1, -0.05) is 13.8 Å². The third-order valence-electron chi connectivity index (χ3n) is 6.69. The molecule has 1 aromatic heterocycles. The first-order chi connectivity index (χ1) is 13.4. The summed E-state index contributed by atoms with van der Waals surface area (Å²) in [5.41, 5.74) is 3.04. The summed E-state index contributed by atoms with van der Waals surface area (Å²) in [7, 11) is 0. The second-order valence-corrected chi connectivity index (χ2v) is 8.46. The van der Waals surface area contributed by atoms with E-state index in [2.05, 4.69) is 23.6 Å². The van der Waals surface area contributed by atoms with E-state index in [-0.39, 0.29) is 29.8 Å². The van der Waals surface area contributed by atoms with Gasteiger partial charge < -0.3 is 19.1 Å². The van der Waals surface area contributed by atoms with E-state index in [0.717, 1.165) is 32.2 Å². The monoisotopic (exact) mass is 387 g/mol. The van der Waals surface area contributed by atoms with Crippen LogP contribution in [-0.4, -0.2) is 33.5 Å². The summed E-state index contributed by atoms with van der Waals surface area (Å²) in [6.07, 6.45) is 6.07. The maximum absolute atomic E-state index is 12.1. The molecule has 1 saturated heterocycles. The van der Waals surface area contributed by atoms with Gasteiger partial charge in [-0.05, 0) is 57.2 Å². The van der Waals surface area contributed by atoms with Gasteiger partial charge in [-0.25, -0.2) is 4.79 Å². The van der Waals surface area contributed by atoms with Crippen molar-refractivity contribution in [3.8, 4) is 0 Å². The van der Waals surface area contributed by atoms with Crippen molar-refractivity contribution in [2.75, 3.05) is 0 Å². The van der Waals surface area contributed by atoms with E-state index in [1.54, 1.807) is 13.8 Å². The molecule has 3 aliphatic heterocycles. The van der Waals surface area contributed by atoms with Crippen molar-refractivity contribution in [1.82, 2.24) is 4.57 Å². The first-order valence-electron chi connectivity index (χ1n) is 10.4. The lowest BCUT2D eigenvalue weighted by molar-refractivity contribution is -0.204. The van der Waals surface area contributed by atoms with Crippen LogP contribution in [0.3, 0.4) is 0 Å². The molecule has 6 nitrogen and oxygen atoms in total. The van der Waals surface area contributed by atoms with Gasteiger partial charge in [0.2, 0.25) is 5.79 Å². The van der Waals surface area contributed by atoms with E-state index in [9.17, 15) is 14.7 Å². The number of rotatable bonds is 5. The molecule has 5 atom stereocenters. The first kappa shape index (κ1) is 19.2. The Labute approximate surface area is 165 Å². The molecule has 1 N–H and O–H groups in total. The normalized spacial score (nSPS) is 32.5. The number of aromatic nitrogens is 1. The second kappa shape index (κ2) is 7.07. The molecule has 1 fully saturated rings. The van der Waals surface area contributed by atoms with Gasteiger partial charge in [-0.3, -0.25) is 4.79 Å². The number of hydrogen-bond acceptors (Lipinski definition) is 4. The number of fused-ring (bicyclic) bond motifs is 3. The summed E-state index contributed by atoms with van der Waals surface area (Å²) < 4.78 is 14.5. The van der Waals surface area contributed by atoms with Crippen molar-refractivity contribution in [3.63, 3.8) is 0 Å². The zero-order chi connectivity index (χ0) is 20.1. The standard InChI is InChI=1S/C22H29NO5/c1-4-16-19-17-10-9-15(8-7-13(2)20(24)25)23(17)11-5-6-18(19)27-22(16)12-14(3)21(26)28-22/h9-10,12-13,16,18-19H,4-8,11H2,1-3H3,(H,24,25)/t13-,16-,18+,19+,22-/m0/s1. The zero-order valence-electron chi connectivity index (χ0n) is 16.8. The van der Waals surface area contributed by atoms with Crippen LogP contribution < -0.4 is 0 Å². The minimum absolute atomic E-state index is 0.0295. The minimum Gasteiger partial charge on any atom is -0.481 e. The number of hydrogen-bond donors (Lipinski definition) is 1. The van der Waals surface area contributed by atoms with Crippen LogP contribution >= 0.6 is 0 Å². The molecule has 0 saturated carbocycles. The van der Waals surface area contributed by atoms with E-state index in [1.165, 1.54) is 11.4 Å². The molecular formula is C22H29NO5. The third-order valence-corrected chi connectivity index (χ3v) is 6.69. The fourth-order valence-electron chi connectivity index (χ4n) is 5.18. The molecule has 0 aliphatic carbocycles. The lowest BCUT2D eigenvalue weighted by atomic mass is 9.80. The van der Waals surface area contributed by atoms with Crippen molar-refractivity contribution in [1.29, 1.82) is 0 Å². The Kier molecular flexibility index (Phi) is 4.86. The SMILES string of the molecule is CC[C@H]1[C@@H]2c3ccc(CC[C@H](C)C(=O)O)n3CCC[C@H]2O[C@]12C=C(C)C(=O)O2. The van der Waals surface area contributed by atoms with Gasteiger partial charge in [0.05, 0.1) is 12.0 Å². The Morgan fingerprint density at radius 2 is 2.21 bits per heavy atom. The van der Waals surface area contributed by atoms with Gasteiger partial charge in [0, 0.05) is 35.3 Å². The van der Waals surface area contributed by atoms with Gasteiger partial charge in [0.1, 0.15) is 0 Å². The Morgan fingerprint density at radius 1 is 1.43 bits per heavy atom. The molecule has 3 aliphatic rings. The molecule has 1 aromatic rings. The summed E-state index contributed by atoms with van der Waals surface area (Å²) in [6.45, 7) is 6.59. The fraction of sp³-hybridized carbons (Fsp3) is 0.636. The molecule has 4 rings (SSSR count). The highest BCUT2D eigenvalue weighted by Gasteiger charge is 2.59. The maximum Gasteiger partial charge on any atom is 0.336 e. The van der Waals surface area contributed by atoms with Crippen molar-refractivity contribution in [3.05, 3.63) is 35.2 Å². The van der Waals surface area contributed by atoms with Crippen LogP contribution in [0, 0.1) is 11.8 Å². The molecule has 6 heteroatoms. The lowest BCUT2D eigenvalue weighted by Gasteiger charge is -2.29. The molecule has 0 radical (unpaired) electrons. The van der Waals surface area contributed by atoms with Crippen LogP contribution in [0.2, 0.25) is 0 Å². The van der Waals surface area contributed by atoms with Gasteiger partial charge in [0.15, 0.2) is 0 Å². The van der Waals surface area contributed by atoms with Crippen molar-refractivity contribution >= 4 is 11.9 Å². The van der Waals surface area contributed by atoms with Crippen LogP contribution in [0.5, 0.6) is 0 Å². The van der Waals surface area contributed by atoms with Gasteiger partial charge in [-0.15, -0.1) is 0 Å². The molecule has 152 valence electrons. The van der Waals surface area contributed by atoms with Gasteiger partial charge >= 0.3 is 11.9 Å². The van der Waals surface area contributed by atoms with Crippen molar-refractivity contribution in [2.24, 2.45) is 11.8 Å². The number of esters is 1. The number of aliphatic carboxylic acids is 1. The summed E-state index contributed by atoms with van der Waals surface area (Å²) in [5, 5.41) is 9.17. The Morgan fingerprint density at radius 3 is 2.86 bits per heavy atom. The number of ether oxygens (including phenoxy) is 2. The maximum atomic E-state index is 12.1. The van der Waals surface area contributed by atoms with E-state index >= 15 is 0 Å². The summed E-state index contributed by atoms with van der Waals surface area (Å²) >= 11 is 0. The number of carbonyl (C=O) groups is 2. The van der Waals surface area contributed by atoms with Crippen LogP contribution in [0.1, 0.15) is 63.8 Å². The third kappa shape index (κ3) is 2.98. The quantitative estimate of drug-likeness (QED) is 0.781. The molecule has 0 aromatic carbocycles. The molecule has 0 bridgehead atoms. The highest BCUT2D eigenvalue weighted by atomic mass is 16.7. The van der Waals surface area contributed by atoms with Crippen LogP contribution in [-0.2, 0) is 32.0 Å². The molecule has 1 spiro atoms. The van der Waals surface area contributed by atoms with Gasteiger partial charge in [0.25, 0.3) is 0 Å². The predicted octanol–water partition coefficient (Wildman–Crippen LogP) is 3.64. The number of aryl methyl sites for hydroxylation is 1. The Balaban J connectivity index is 1.65. The summed E-state index contributed by atoms with van der Waals surface area (Å²) in [5.74, 6) is -2.06. The first-order valence-corrected chi connectivity index (χ1v) is 10.4. The van der Waals surface area contributed by atoms with E-state index in [0.29, 0.717) is 12.0 Å². The predicted molar refractivity (Wildman–Crippen MR) is 103 cm³/mol. The summed E-state index contributed by atoms with van der Waals surface area (Å²) in [6, 6.07) is 4.30. The van der Waals surface area contributed by atoms with Crippen LogP contribution in [0.4, 0.5) is 0 Å². The average molecular weight is 387 g/mol. The molecule has 0 amide bonds. The molecular weight excluding hydrogens is 358 g/mol. The average Bonchev–Trinajstić information content (AvgIpc) is 3.22. The van der Waals surface area contributed by atoms with Crippen LogP contribution in [0.25, 0.3) is 0 Å². The van der Waals surface area contributed by atoms with Crippen molar-refractivity contribution < 1.29 is 24.2 Å². The highest BCUT2D eigenvalue weighted by molar-refractivity contribution is 5.90.